The van der Waals surface area contributed by atoms with E-state index in [1.165, 1.54) is 6.42 Å². The van der Waals surface area contributed by atoms with E-state index in [4.69, 9.17) is 16.3 Å². The molecule has 0 aliphatic carbocycles. The number of benzene rings is 1. The fraction of sp³-hybridized carbons (Fsp3) is 0.625. The monoisotopic (exact) mass is 297 g/mol. The van der Waals surface area contributed by atoms with E-state index in [1.54, 1.807) is 6.07 Å². The number of aliphatic hydroxyl groups excluding tert-OH is 1. The summed E-state index contributed by atoms with van der Waals surface area (Å²) in [6, 6.07) is 7.35. The third-order valence-corrected chi connectivity index (χ3v) is 3.99. The van der Waals surface area contributed by atoms with Crippen molar-refractivity contribution in [2.45, 2.75) is 26.4 Å². The van der Waals surface area contributed by atoms with Crippen LogP contribution in [0.25, 0.3) is 0 Å². The van der Waals surface area contributed by atoms with Crippen molar-refractivity contribution in [1.82, 2.24) is 4.90 Å². The number of piperidine rings is 1. The molecule has 1 saturated heterocycles. The van der Waals surface area contributed by atoms with Crippen molar-refractivity contribution >= 4 is 11.6 Å². The number of hydrogen-bond donors (Lipinski definition) is 1. The molecular formula is C16H24ClNO2. The minimum atomic E-state index is -0.483. The van der Waals surface area contributed by atoms with E-state index >= 15 is 0 Å². The van der Waals surface area contributed by atoms with Crippen LogP contribution < -0.4 is 4.74 Å². The molecule has 4 heteroatoms. The van der Waals surface area contributed by atoms with Gasteiger partial charge in [0.05, 0.1) is 5.02 Å². The summed E-state index contributed by atoms with van der Waals surface area (Å²) >= 11 is 6.02. The summed E-state index contributed by atoms with van der Waals surface area (Å²) in [6.45, 7) is 7.62. The molecule has 1 N–H and O–H groups in total. The lowest BCUT2D eigenvalue weighted by molar-refractivity contribution is 0.0429. The average Bonchev–Trinajstić information content (AvgIpc) is 2.36. The molecule has 3 nitrogen and oxygen atoms in total. The molecule has 0 aromatic heterocycles. The number of likely N-dealkylation sites (tertiary alicyclic amines) is 1. The van der Waals surface area contributed by atoms with Crippen LogP contribution in [0.3, 0.4) is 0 Å². The van der Waals surface area contributed by atoms with Gasteiger partial charge in [0.25, 0.3) is 0 Å². The van der Waals surface area contributed by atoms with Crippen LogP contribution in [0.1, 0.15) is 20.3 Å². The Bertz CT molecular complexity index is 417. The Balaban J connectivity index is 1.78. The number of halogens is 1. The average molecular weight is 298 g/mol. The van der Waals surface area contributed by atoms with Gasteiger partial charge < -0.3 is 14.7 Å². The second kappa shape index (κ2) is 7.30. The Morgan fingerprint density at radius 1 is 1.30 bits per heavy atom. The maximum absolute atomic E-state index is 10.1. The predicted molar refractivity (Wildman–Crippen MR) is 82.3 cm³/mol. The predicted octanol–water partition coefficient (Wildman–Crippen LogP) is 3.06. The molecule has 1 aromatic carbocycles. The lowest BCUT2D eigenvalue weighted by Gasteiger charge is -2.35. The number of rotatable bonds is 5. The lowest BCUT2D eigenvalue weighted by Crippen LogP contribution is -2.44. The van der Waals surface area contributed by atoms with E-state index in [1.807, 2.05) is 18.2 Å². The fourth-order valence-corrected chi connectivity index (χ4v) is 3.23. The Hall–Kier alpha value is -0.770. The first kappa shape index (κ1) is 15.6. The van der Waals surface area contributed by atoms with Gasteiger partial charge in [0, 0.05) is 19.6 Å². The summed E-state index contributed by atoms with van der Waals surface area (Å²) in [7, 11) is 0. The maximum Gasteiger partial charge on any atom is 0.138 e. The third-order valence-electron chi connectivity index (χ3n) is 3.68. The van der Waals surface area contributed by atoms with Crippen molar-refractivity contribution < 1.29 is 9.84 Å². The Morgan fingerprint density at radius 3 is 2.60 bits per heavy atom. The number of hydrogen-bond acceptors (Lipinski definition) is 3. The molecule has 1 aliphatic rings. The first-order chi connectivity index (χ1) is 9.54. The minimum absolute atomic E-state index is 0.281. The van der Waals surface area contributed by atoms with E-state index in [0.29, 0.717) is 29.2 Å². The standard InChI is InChI=1S/C16H24ClNO2/c1-12-7-13(2)9-18(8-12)10-14(19)11-20-16-6-4-3-5-15(16)17/h3-6,12-14,19H,7-11H2,1-2H3. The molecule has 3 atom stereocenters. The van der Waals surface area contributed by atoms with Crippen molar-refractivity contribution in [2.75, 3.05) is 26.2 Å². The smallest absolute Gasteiger partial charge is 0.138 e. The molecule has 1 heterocycles. The van der Waals surface area contributed by atoms with Crippen LogP contribution in [-0.2, 0) is 0 Å². The van der Waals surface area contributed by atoms with E-state index in [0.717, 1.165) is 13.1 Å². The molecular weight excluding hydrogens is 274 g/mol. The van der Waals surface area contributed by atoms with Gasteiger partial charge in [0.1, 0.15) is 18.5 Å². The minimum Gasteiger partial charge on any atom is -0.489 e. The molecule has 20 heavy (non-hydrogen) atoms. The third kappa shape index (κ3) is 4.65. The second-order valence-corrected chi connectivity index (χ2v) is 6.47. The summed E-state index contributed by atoms with van der Waals surface area (Å²) in [5.74, 6) is 2.04. The number of ether oxygens (including phenoxy) is 1. The number of β-amino-alcohol motifs (C(OH)–C–C–N with tert-alkyl or cyclic N) is 1. The Kier molecular flexibility index (Phi) is 5.70. The van der Waals surface area contributed by atoms with Crippen molar-refractivity contribution in [1.29, 1.82) is 0 Å². The van der Waals surface area contributed by atoms with Gasteiger partial charge in [-0.1, -0.05) is 37.6 Å². The highest BCUT2D eigenvalue weighted by Crippen LogP contribution is 2.24. The number of para-hydroxylation sites is 1. The molecule has 1 aliphatic heterocycles. The van der Waals surface area contributed by atoms with Gasteiger partial charge >= 0.3 is 0 Å². The number of aliphatic hydroxyl groups is 1. The largest absolute Gasteiger partial charge is 0.489 e. The van der Waals surface area contributed by atoms with E-state index in [-0.39, 0.29) is 6.61 Å². The summed E-state index contributed by atoms with van der Waals surface area (Å²) in [5, 5.41) is 10.7. The van der Waals surface area contributed by atoms with Gasteiger partial charge in [0.15, 0.2) is 0 Å². The summed E-state index contributed by atoms with van der Waals surface area (Å²) in [5.41, 5.74) is 0. The van der Waals surface area contributed by atoms with Crippen LogP contribution in [0.4, 0.5) is 0 Å². The highest BCUT2D eigenvalue weighted by Gasteiger charge is 2.23. The van der Waals surface area contributed by atoms with Gasteiger partial charge in [-0.2, -0.15) is 0 Å². The quantitative estimate of drug-likeness (QED) is 0.907. The Morgan fingerprint density at radius 2 is 1.95 bits per heavy atom. The SMILES string of the molecule is CC1CC(C)CN(CC(O)COc2ccccc2Cl)C1. The van der Waals surface area contributed by atoms with Gasteiger partial charge in [0.2, 0.25) is 0 Å². The van der Waals surface area contributed by atoms with Gasteiger partial charge in [-0.3, -0.25) is 0 Å². The van der Waals surface area contributed by atoms with E-state index in [9.17, 15) is 5.11 Å². The van der Waals surface area contributed by atoms with Crippen molar-refractivity contribution in [3.05, 3.63) is 29.3 Å². The zero-order valence-corrected chi connectivity index (χ0v) is 13.0. The first-order valence-electron chi connectivity index (χ1n) is 7.32. The zero-order chi connectivity index (χ0) is 14.5. The van der Waals surface area contributed by atoms with Gasteiger partial charge in [-0.25, -0.2) is 0 Å². The molecule has 3 unspecified atom stereocenters. The van der Waals surface area contributed by atoms with Crippen LogP contribution in [0.15, 0.2) is 24.3 Å². The highest BCUT2D eigenvalue weighted by molar-refractivity contribution is 6.32. The summed E-state index contributed by atoms with van der Waals surface area (Å²) in [4.78, 5) is 2.33. The van der Waals surface area contributed by atoms with Crippen LogP contribution >= 0.6 is 11.6 Å². The molecule has 112 valence electrons. The zero-order valence-electron chi connectivity index (χ0n) is 12.3. The lowest BCUT2D eigenvalue weighted by atomic mass is 9.92. The van der Waals surface area contributed by atoms with Gasteiger partial charge in [-0.05, 0) is 30.4 Å². The van der Waals surface area contributed by atoms with Crippen LogP contribution in [-0.4, -0.2) is 42.4 Å². The Labute approximate surface area is 126 Å². The van der Waals surface area contributed by atoms with Crippen molar-refractivity contribution in [3.8, 4) is 5.75 Å². The van der Waals surface area contributed by atoms with Crippen molar-refractivity contribution in [3.63, 3.8) is 0 Å². The topological polar surface area (TPSA) is 32.7 Å². The van der Waals surface area contributed by atoms with Crippen LogP contribution in [0.5, 0.6) is 5.75 Å². The molecule has 1 fully saturated rings. The maximum atomic E-state index is 10.1. The molecule has 1 aromatic rings. The molecule has 0 spiro atoms. The molecule has 0 bridgehead atoms. The fourth-order valence-electron chi connectivity index (χ4n) is 3.04. The van der Waals surface area contributed by atoms with Crippen LogP contribution in [0.2, 0.25) is 5.02 Å². The van der Waals surface area contributed by atoms with Crippen molar-refractivity contribution in [2.24, 2.45) is 11.8 Å². The number of nitrogens with zero attached hydrogens (tertiary/aromatic N) is 1. The molecule has 2 rings (SSSR count). The highest BCUT2D eigenvalue weighted by atomic mass is 35.5. The van der Waals surface area contributed by atoms with E-state index in [2.05, 4.69) is 18.7 Å². The van der Waals surface area contributed by atoms with Crippen LogP contribution in [0, 0.1) is 11.8 Å². The normalized spacial score (nSPS) is 25.4. The molecule has 0 saturated carbocycles. The molecule has 0 radical (unpaired) electrons. The molecule has 0 amide bonds. The second-order valence-electron chi connectivity index (χ2n) is 6.06. The summed E-state index contributed by atoms with van der Waals surface area (Å²) in [6.07, 6.45) is 0.798. The first-order valence-corrected chi connectivity index (χ1v) is 7.70. The van der Waals surface area contributed by atoms with E-state index < -0.39 is 6.10 Å². The van der Waals surface area contributed by atoms with Gasteiger partial charge in [-0.15, -0.1) is 0 Å². The summed E-state index contributed by atoms with van der Waals surface area (Å²) < 4.78 is 5.59.